The number of hydrogen-bond acceptors (Lipinski definition) is 14. The highest BCUT2D eigenvalue weighted by Gasteiger charge is 2.48. The maximum Gasteiger partial charge on any atom is 0.406 e. The maximum atomic E-state index is 15.0. The van der Waals surface area contributed by atoms with Gasteiger partial charge in [0, 0.05) is 99.1 Å². The lowest BCUT2D eigenvalue weighted by molar-refractivity contribution is -0.156. The van der Waals surface area contributed by atoms with Crippen molar-refractivity contribution in [1.82, 2.24) is 45.0 Å². The first-order valence-corrected chi connectivity index (χ1v) is 26.4. The molecule has 0 unspecified atom stereocenters. The van der Waals surface area contributed by atoms with Crippen LogP contribution >= 0.6 is 11.3 Å². The molecule has 4 aliphatic heterocycles. The highest BCUT2D eigenvalue weighted by atomic mass is 32.1. The fraction of sp³-hybridized carbons (Fsp3) is 0.566. The van der Waals surface area contributed by atoms with Crippen molar-refractivity contribution in [2.75, 3.05) is 78.5 Å². The number of amides is 4. The second kappa shape index (κ2) is 22.0. The summed E-state index contributed by atoms with van der Waals surface area (Å²) >= 11 is 1.27. The number of hydrazine groups is 1. The summed E-state index contributed by atoms with van der Waals surface area (Å²) in [6, 6.07) is 3.73. The van der Waals surface area contributed by atoms with Gasteiger partial charge in [0.15, 0.2) is 5.60 Å². The molecule has 3 N–H and O–H groups in total. The molecule has 18 nitrogen and oxygen atoms in total. The lowest BCUT2D eigenvalue weighted by atomic mass is 9.84. The van der Waals surface area contributed by atoms with Crippen LogP contribution in [0.25, 0.3) is 32.7 Å². The molecule has 3 aromatic heterocycles. The number of carbonyl (C=O) groups is 5. The Kier molecular flexibility index (Phi) is 16.2. The molecule has 4 aromatic rings. The third kappa shape index (κ3) is 11.9. The standard InChI is InChI=1S/C53H69F3N10O8S/c1-10-42(67)64-17-15-52(72,28-64)50(71)62(8)44(31(2)3)46(68)59-40-23-34-27-75-47(58-34)33-13-14-41-36(22-33)38(25-51(5,6)30-74-49(70)39-12-11-16-66(60-39)48(40)69)45(65(41)29-53(54,55)56)37-24-35(26-57-43(37)32(4)73-9)63-20-18-61(7)19-21-63/h10,13-14,22,24,26-27,31-32,39-40,44,60,72H,1,11-12,15-21,23,25,28-30H2,2-9H3,(H,59,68)/t32-,39-,40-,44-,52+/m0/s1. The van der Waals surface area contributed by atoms with E-state index in [4.69, 9.17) is 19.4 Å². The number of aliphatic hydroxyl groups is 1. The smallest absolute Gasteiger partial charge is 0.406 e. The second-order valence-corrected chi connectivity index (χ2v) is 22.4. The summed E-state index contributed by atoms with van der Waals surface area (Å²) < 4.78 is 58.3. The van der Waals surface area contributed by atoms with Crippen LogP contribution < -0.4 is 15.6 Å². The molecule has 1 aromatic carbocycles. The van der Waals surface area contributed by atoms with E-state index in [0.717, 1.165) is 29.8 Å². The van der Waals surface area contributed by atoms with Gasteiger partial charge in [0.25, 0.3) is 11.8 Å². The SMILES string of the molecule is C=CC(=O)N1CC[C@](O)(C(=O)N(C)[C@H](C(=O)N[C@H]2Cc3csc(n3)-c3ccc4c(c3)c(c(-c3cc(N5CCN(C)CC5)cnc3[C@H](C)OC)n4CC(F)(F)F)CC(C)(C)COC(=O)[C@@H]3CCCN(N3)C2=O)C(C)C)C1. The molecular weight excluding hydrogens is 994 g/mol. The van der Waals surface area contributed by atoms with Gasteiger partial charge in [0.2, 0.25) is 11.8 Å². The first kappa shape index (κ1) is 55.3. The van der Waals surface area contributed by atoms with Crippen LogP contribution in [0.1, 0.15) is 76.9 Å². The zero-order valence-electron chi connectivity index (χ0n) is 44.0. The molecule has 6 bridgehead atoms. The molecule has 5 atom stereocenters. The number of thiazole rings is 1. The number of alkyl halides is 3. The van der Waals surface area contributed by atoms with Crippen molar-refractivity contribution < 1.29 is 51.7 Å². The predicted molar refractivity (Wildman–Crippen MR) is 277 cm³/mol. The van der Waals surface area contributed by atoms with Crippen LogP contribution in [0.5, 0.6) is 0 Å². The summed E-state index contributed by atoms with van der Waals surface area (Å²) in [6.45, 7) is 14.1. The molecule has 0 radical (unpaired) electrons. The zero-order valence-corrected chi connectivity index (χ0v) is 44.8. The quantitative estimate of drug-likeness (QED) is 0.132. The Hall–Kier alpha value is -5.94. The molecule has 3 fully saturated rings. The summed E-state index contributed by atoms with van der Waals surface area (Å²) in [5.41, 5.74) is 4.21. The summed E-state index contributed by atoms with van der Waals surface area (Å²) in [5, 5.41) is 18.5. The van der Waals surface area contributed by atoms with Gasteiger partial charge in [-0.05, 0) is 75.1 Å². The second-order valence-electron chi connectivity index (χ2n) is 21.6. The minimum absolute atomic E-state index is 0.0525. The number of fused-ring (bicyclic) bond motifs is 6. The minimum atomic E-state index is -4.63. The highest BCUT2D eigenvalue weighted by molar-refractivity contribution is 7.13. The fourth-order valence-corrected chi connectivity index (χ4v) is 11.6. The van der Waals surface area contributed by atoms with Crippen molar-refractivity contribution in [3.05, 3.63) is 65.4 Å². The molecule has 4 aliphatic rings. The van der Waals surface area contributed by atoms with Gasteiger partial charge in [0.1, 0.15) is 29.7 Å². The molecule has 4 amide bonds. The number of likely N-dealkylation sites (tertiary alicyclic amines) is 1. The molecule has 3 saturated heterocycles. The number of nitrogens with one attached hydrogen (secondary N) is 2. The highest BCUT2D eigenvalue weighted by Crippen LogP contribution is 2.44. The van der Waals surface area contributed by atoms with Crippen molar-refractivity contribution in [2.24, 2.45) is 11.3 Å². The van der Waals surface area contributed by atoms with Gasteiger partial charge in [0.05, 0.1) is 48.2 Å². The van der Waals surface area contributed by atoms with E-state index in [1.807, 2.05) is 40.0 Å². The molecule has 7 heterocycles. The van der Waals surface area contributed by atoms with Crippen LogP contribution in [0.3, 0.4) is 0 Å². The number of likely N-dealkylation sites (N-methyl/N-ethyl adjacent to an activating group) is 2. The molecule has 0 saturated carbocycles. The number of rotatable bonds is 11. The van der Waals surface area contributed by atoms with Crippen molar-refractivity contribution in [1.29, 1.82) is 0 Å². The summed E-state index contributed by atoms with van der Waals surface area (Å²) in [5.74, 6) is -3.60. The van der Waals surface area contributed by atoms with Crippen LogP contribution in [0.2, 0.25) is 0 Å². The third-order valence-electron chi connectivity index (χ3n) is 14.9. The summed E-state index contributed by atoms with van der Waals surface area (Å²) in [7, 11) is 4.98. The van der Waals surface area contributed by atoms with E-state index in [0.29, 0.717) is 75.6 Å². The Morgan fingerprint density at radius 1 is 1.11 bits per heavy atom. The normalized spacial score (nSPS) is 22.7. The lowest BCUT2D eigenvalue weighted by Gasteiger charge is -2.37. The Labute approximate surface area is 439 Å². The number of hydrogen-bond donors (Lipinski definition) is 3. The Morgan fingerprint density at radius 3 is 2.52 bits per heavy atom. The zero-order chi connectivity index (χ0) is 54.3. The molecule has 0 aliphatic carbocycles. The number of aromatic nitrogens is 3. The van der Waals surface area contributed by atoms with Crippen LogP contribution in [0.4, 0.5) is 18.9 Å². The number of carbonyl (C=O) groups excluding carboxylic acids is 5. The molecule has 22 heteroatoms. The van der Waals surface area contributed by atoms with Crippen molar-refractivity contribution in [3.8, 4) is 21.8 Å². The number of halogens is 3. The number of pyridine rings is 1. The van der Waals surface area contributed by atoms with Crippen LogP contribution in [0.15, 0.2) is 48.5 Å². The van der Waals surface area contributed by atoms with E-state index >= 15 is 13.2 Å². The lowest BCUT2D eigenvalue weighted by Crippen LogP contribution is -2.63. The number of cyclic esters (lactones) is 1. The molecule has 406 valence electrons. The Balaban J connectivity index is 1.22. The van der Waals surface area contributed by atoms with Crippen LogP contribution in [-0.2, 0) is 52.8 Å². The van der Waals surface area contributed by atoms with Gasteiger partial charge in [-0.15, -0.1) is 11.3 Å². The number of benzene rings is 1. The van der Waals surface area contributed by atoms with E-state index in [1.54, 1.807) is 37.6 Å². The number of β-amino-alcohol motifs (C(OH)–C–C–N with tert-alkyl or cyclic N) is 1. The van der Waals surface area contributed by atoms with Crippen molar-refractivity contribution >= 4 is 57.5 Å². The fourth-order valence-electron chi connectivity index (χ4n) is 10.8. The summed E-state index contributed by atoms with van der Waals surface area (Å²) in [6.07, 6.45) is -1.64. The average molecular weight is 1060 g/mol. The van der Waals surface area contributed by atoms with Gasteiger partial charge in [-0.2, -0.15) is 13.2 Å². The van der Waals surface area contributed by atoms with Gasteiger partial charge < -0.3 is 44.1 Å². The Bertz CT molecular complexity index is 2830. The molecule has 75 heavy (non-hydrogen) atoms. The molecule has 8 rings (SSSR count). The number of nitrogens with zero attached hydrogens (tertiary/aromatic N) is 8. The molecular formula is C53H69F3N10O8S. The van der Waals surface area contributed by atoms with E-state index in [-0.39, 0.29) is 45.5 Å². The Morgan fingerprint density at radius 2 is 1.84 bits per heavy atom. The van der Waals surface area contributed by atoms with E-state index in [9.17, 15) is 29.1 Å². The van der Waals surface area contributed by atoms with Gasteiger partial charge >= 0.3 is 12.1 Å². The van der Waals surface area contributed by atoms with Gasteiger partial charge in [-0.3, -0.25) is 34.0 Å². The van der Waals surface area contributed by atoms with Gasteiger partial charge in [-0.1, -0.05) is 34.3 Å². The first-order chi connectivity index (χ1) is 35.4. The predicted octanol–water partition coefficient (Wildman–Crippen LogP) is 5.13. The molecule has 0 spiro atoms. The van der Waals surface area contributed by atoms with E-state index in [1.165, 1.54) is 40.0 Å². The number of methoxy groups -OCH3 is 1. The largest absolute Gasteiger partial charge is 0.464 e. The maximum absolute atomic E-state index is 15.0. The van der Waals surface area contributed by atoms with Gasteiger partial charge in [-0.25, -0.2) is 10.4 Å². The average Bonchev–Trinajstić information content (AvgIpc) is 4.10. The van der Waals surface area contributed by atoms with E-state index < -0.39 is 83.5 Å². The minimum Gasteiger partial charge on any atom is -0.464 e. The van der Waals surface area contributed by atoms with Crippen molar-refractivity contribution in [2.45, 2.75) is 109 Å². The number of ether oxygens (including phenoxy) is 2. The summed E-state index contributed by atoms with van der Waals surface area (Å²) in [4.78, 5) is 86.4. The van der Waals surface area contributed by atoms with Crippen LogP contribution in [0, 0.1) is 11.3 Å². The monoisotopic (exact) mass is 1060 g/mol. The van der Waals surface area contributed by atoms with Crippen LogP contribution in [-0.4, -0.2) is 172 Å². The number of anilines is 1. The first-order valence-electron chi connectivity index (χ1n) is 25.5. The van der Waals surface area contributed by atoms with E-state index in [2.05, 4.69) is 27.1 Å². The number of esters is 1. The number of piperazine rings is 1. The van der Waals surface area contributed by atoms with Crippen molar-refractivity contribution in [3.63, 3.8) is 0 Å². The topological polar surface area (TPSA) is 195 Å². The third-order valence-corrected chi connectivity index (χ3v) is 15.8.